The molecule has 0 atom stereocenters. The number of anilines is 1. The lowest BCUT2D eigenvalue weighted by Crippen LogP contribution is -2.12. The zero-order chi connectivity index (χ0) is 14.9. The molecule has 4 nitrogen and oxygen atoms in total. The Balaban J connectivity index is 2.33. The summed E-state index contributed by atoms with van der Waals surface area (Å²) in [6, 6.07) is 4.62. The smallest absolute Gasteiger partial charge is 0.439 e. The first-order valence-corrected chi connectivity index (χ1v) is 5.89. The molecule has 0 unspecified atom stereocenters. The average molecular weight is 352 g/mol. The van der Waals surface area contributed by atoms with Gasteiger partial charge in [-0.15, -0.1) is 0 Å². The average Bonchev–Trinajstić information content (AvgIpc) is 2.32. The number of rotatable bonds is 2. The van der Waals surface area contributed by atoms with Crippen LogP contribution in [0.15, 0.2) is 28.7 Å². The van der Waals surface area contributed by atoms with E-state index < -0.39 is 17.8 Å². The Bertz CT molecular complexity index is 648. The second-order valence-electron chi connectivity index (χ2n) is 3.63. The summed E-state index contributed by atoms with van der Waals surface area (Å²) >= 11 is 2.93. The van der Waals surface area contributed by atoms with Crippen LogP contribution in [0.2, 0.25) is 0 Å². The van der Waals surface area contributed by atoms with Crippen molar-refractivity contribution in [2.24, 2.45) is 0 Å². The van der Waals surface area contributed by atoms with Crippen molar-refractivity contribution in [1.82, 2.24) is 9.97 Å². The van der Waals surface area contributed by atoms with Gasteiger partial charge in [0.05, 0.1) is 4.47 Å². The van der Waals surface area contributed by atoms with Gasteiger partial charge in [-0.1, -0.05) is 0 Å². The maximum Gasteiger partial charge on any atom is 0.451 e. The molecule has 0 spiro atoms. The molecule has 0 aliphatic carbocycles. The summed E-state index contributed by atoms with van der Waals surface area (Å²) in [4.78, 5) is 6.28. The van der Waals surface area contributed by atoms with Gasteiger partial charge < -0.3 is 10.5 Å². The topological polar surface area (TPSA) is 61.0 Å². The Labute approximate surface area is 118 Å². The summed E-state index contributed by atoms with van der Waals surface area (Å²) in [5.41, 5.74) is 5.26. The van der Waals surface area contributed by atoms with Crippen LogP contribution in [0, 0.1) is 5.82 Å². The number of ether oxygens (including phenoxy) is 1. The van der Waals surface area contributed by atoms with Gasteiger partial charge in [-0.3, -0.25) is 0 Å². The summed E-state index contributed by atoms with van der Waals surface area (Å²) in [6.45, 7) is 0. The molecule has 0 aliphatic rings. The Hall–Kier alpha value is -1.90. The molecular weight excluding hydrogens is 346 g/mol. The van der Waals surface area contributed by atoms with Crippen LogP contribution in [0.4, 0.5) is 23.4 Å². The number of nitrogens with zero attached hydrogens (tertiary/aromatic N) is 2. The fourth-order valence-electron chi connectivity index (χ4n) is 1.28. The van der Waals surface area contributed by atoms with E-state index in [1.807, 2.05) is 0 Å². The second-order valence-corrected chi connectivity index (χ2v) is 4.48. The molecule has 2 aromatic rings. The van der Waals surface area contributed by atoms with Gasteiger partial charge in [0.2, 0.25) is 11.7 Å². The van der Waals surface area contributed by atoms with Gasteiger partial charge in [0.1, 0.15) is 17.4 Å². The zero-order valence-corrected chi connectivity index (χ0v) is 11.2. The number of aromatic nitrogens is 2. The lowest BCUT2D eigenvalue weighted by molar-refractivity contribution is -0.145. The molecule has 0 amide bonds. The highest BCUT2D eigenvalue weighted by Crippen LogP contribution is 2.30. The third kappa shape index (κ3) is 3.35. The predicted molar refractivity (Wildman–Crippen MR) is 65.6 cm³/mol. The van der Waals surface area contributed by atoms with Crippen LogP contribution in [-0.4, -0.2) is 9.97 Å². The van der Waals surface area contributed by atoms with E-state index in [9.17, 15) is 17.6 Å². The fraction of sp³-hybridized carbons (Fsp3) is 0.0909. The van der Waals surface area contributed by atoms with Gasteiger partial charge in [0.25, 0.3) is 0 Å². The molecule has 2 N–H and O–H groups in total. The Morgan fingerprint density at radius 3 is 2.45 bits per heavy atom. The number of nitrogen functional groups attached to an aromatic ring is 1. The van der Waals surface area contributed by atoms with Crippen molar-refractivity contribution in [3.05, 3.63) is 40.4 Å². The molecule has 1 aromatic carbocycles. The number of hydrogen-bond acceptors (Lipinski definition) is 4. The maximum atomic E-state index is 13.0. The maximum absolute atomic E-state index is 13.0. The fourth-order valence-corrected chi connectivity index (χ4v) is 1.64. The highest BCUT2D eigenvalue weighted by atomic mass is 79.9. The first kappa shape index (κ1) is 14.5. The summed E-state index contributed by atoms with van der Waals surface area (Å²) < 4.78 is 55.8. The van der Waals surface area contributed by atoms with Crippen LogP contribution < -0.4 is 10.5 Å². The van der Waals surface area contributed by atoms with E-state index in [2.05, 4.69) is 25.9 Å². The van der Waals surface area contributed by atoms with E-state index in [1.54, 1.807) is 0 Å². The van der Waals surface area contributed by atoms with Gasteiger partial charge in [-0.05, 0) is 34.1 Å². The minimum Gasteiger partial charge on any atom is -0.439 e. The van der Waals surface area contributed by atoms with E-state index in [-0.39, 0.29) is 21.9 Å². The highest BCUT2D eigenvalue weighted by molar-refractivity contribution is 9.10. The van der Waals surface area contributed by atoms with Gasteiger partial charge in [0.15, 0.2) is 0 Å². The largest absolute Gasteiger partial charge is 0.451 e. The van der Waals surface area contributed by atoms with Crippen LogP contribution in [-0.2, 0) is 6.18 Å². The van der Waals surface area contributed by atoms with Crippen LogP contribution >= 0.6 is 15.9 Å². The van der Waals surface area contributed by atoms with Crippen LogP contribution in [0.1, 0.15) is 5.82 Å². The third-order valence-electron chi connectivity index (χ3n) is 2.09. The second kappa shape index (κ2) is 5.23. The Morgan fingerprint density at radius 1 is 1.15 bits per heavy atom. The Kier molecular flexibility index (Phi) is 3.80. The Morgan fingerprint density at radius 2 is 1.85 bits per heavy atom. The number of nitrogens with two attached hydrogens (primary N) is 1. The molecule has 0 fully saturated rings. The third-order valence-corrected chi connectivity index (χ3v) is 2.70. The monoisotopic (exact) mass is 351 g/mol. The van der Waals surface area contributed by atoms with Crippen LogP contribution in [0.3, 0.4) is 0 Å². The van der Waals surface area contributed by atoms with E-state index in [0.29, 0.717) is 0 Å². The van der Waals surface area contributed by atoms with Crippen molar-refractivity contribution in [3.8, 4) is 11.6 Å². The van der Waals surface area contributed by atoms with E-state index in [4.69, 9.17) is 10.5 Å². The molecule has 0 aliphatic heterocycles. The first-order valence-electron chi connectivity index (χ1n) is 5.10. The first-order chi connectivity index (χ1) is 9.25. The van der Waals surface area contributed by atoms with Crippen molar-refractivity contribution in [3.63, 3.8) is 0 Å². The molecule has 1 heterocycles. The van der Waals surface area contributed by atoms with Crippen molar-refractivity contribution in [2.45, 2.75) is 6.18 Å². The van der Waals surface area contributed by atoms with E-state index in [0.717, 1.165) is 12.1 Å². The van der Waals surface area contributed by atoms with Gasteiger partial charge in [-0.25, -0.2) is 9.37 Å². The normalized spacial score (nSPS) is 11.4. The van der Waals surface area contributed by atoms with Gasteiger partial charge in [0, 0.05) is 6.07 Å². The molecule has 20 heavy (non-hydrogen) atoms. The molecular formula is C11H6BrF4N3O. The summed E-state index contributed by atoms with van der Waals surface area (Å²) in [6.07, 6.45) is -4.74. The standard InChI is InChI=1S/C11H6BrF4N3O/c12-6-3-5(1-2-7(6)13)20-9-4-8(17)18-10(19-9)11(14,15)16/h1-4H,(H2,17,18,19). The molecule has 1 aromatic heterocycles. The molecule has 0 saturated heterocycles. The molecule has 0 bridgehead atoms. The molecule has 2 rings (SSSR count). The van der Waals surface area contributed by atoms with E-state index >= 15 is 0 Å². The van der Waals surface area contributed by atoms with Crippen molar-refractivity contribution in [2.75, 3.05) is 5.73 Å². The molecule has 0 radical (unpaired) electrons. The minimum absolute atomic E-state index is 0.101. The van der Waals surface area contributed by atoms with Gasteiger partial charge in [-0.2, -0.15) is 18.2 Å². The molecule has 0 saturated carbocycles. The molecule has 106 valence electrons. The van der Waals surface area contributed by atoms with E-state index in [1.165, 1.54) is 12.1 Å². The summed E-state index contributed by atoms with van der Waals surface area (Å²) in [5, 5.41) is 0. The SMILES string of the molecule is Nc1cc(Oc2ccc(F)c(Br)c2)nc(C(F)(F)F)n1. The number of hydrogen-bond donors (Lipinski definition) is 1. The highest BCUT2D eigenvalue weighted by Gasteiger charge is 2.35. The van der Waals surface area contributed by atoms with Crippen LogP contribution in [0.25, 0.3) is 0 Å². The lowest BCUT2D eigenvalue weighted by Gasteiger charge is -2.09. The zero-order valence-electron chi connectivity index (χ0n) is 9.58. The number of benzene rings is 1. The quantitative estimate of drug-likeness (QED) is 0.836. The summed E-state index contributed by atoms with van der Waals surface area (Å²) in [5.74, 6) is -2.61. The van der Waals surface area contributed by atoms with Crippen LogP contribution in [0.5, 0.6) is 11.6 Å². The minimum atomic E-state index is -4.74. The predicted octanol–water partition coefficient (Wildman–Crippen LogP) is 3.77. The van der Waals surface area contributed by atoms with Crippen molar-refractivity contribution < 1.29 is 22.3 Å². The molecule has 9 heteroatoms. The number of halogens is 5. The van der Waals surface area contributed by atoms with Crippen molar-refractivity contribution in [1.29, 1.82) is 0 Å². The number of alkyl halides is 3. The van der Waals surface area contributed by atoms with Crippen molar-refractivity contribution >= 4 is 21.7 Å². The van der Waals surface area contributed by atoms with Gasteiger partial charge >= 0.3 is 6.18 Å². The summed E-state index contributed by atoms with van der Waals surface area (Å²) in [7, 11) is 0. The lowest BCUT2D eigenvalue weighted by atomic mass is 10.3.